The van der Waals surface area contributed by atoms with E-state index in [0.717, 1.165) is 11.1 Å². The van der Waals surface area contributed by atoms with E-state index in [2.05, 4.69) is 4.98 Å². The number of H-pyrrole nitrogens is 1. The lowest BCUT2D eigenvalue weighted by molar-refractivity contribution is -0.148. The van der Waals surface area contributed by atoms with Crippen molar-refractivity contribution in [3.8, 4) is 0 Å². The van der Waals surface area contributed by atoms with Crippen LogP contribution in [0.15, 0.2) is 24.4 Å². The molecule has 0 bridgehead atoms. The highest BCUT2D eigenvalue weighted by Gasteiger charge is 2.36. The summed E-state index contributed by atoms with van der Waals surface area (Å²) in [5.74, 6) is -1.83. The molecule has 3 rings (SSSR count). The quantitative estimate of drug-likeness (QED) is 0.852. The third-order valence-electron chi connectivity index (χ3n) is 3.26. The molecule has 0 unspecified atom stereocenters. The van der Waals surface area contributed by atoms with Gasteiger partial charge < -0.3 is 19.6 Å². The highest BCUT2D eigenvalue weighted by molar-refractivity contribution is 6.04. The summed E-state index contributed by atoms with van der Waals surface area (Å²) in [4.78, 5) is 14.4. The summed E-state index contributed by atoms with van der Waals surface area (Å²) in [5, 5.41) is 9.90. The van der Waals surface area contributed by atoms with Crippen molar-refractivity contribution in [1.29, 1.82) is 0 Å². The van der Waals surface area contributed by atoms with E-state index in [1.807, 2.05) is 6.07 Å². The molecule has 0 aliphatic carbocycles. The molecule has 1 aliphatic rings. The Kier molecular flexibility index (Phi) is 2.39. The van der Waals surface area contributed by atoms with Gasteiger partial charge in [0.05, 0.1) is 18.8 Å². The molecule has 18 heavy (non-hydrogen) atoms. The lowest BCUT2D eigenvalue weighted by atomic mass is 10.0. The molecule has 0 spiro atoms. The average Bonchev–Trinajstić information content (AvgIpc) is 2.95. The highest BCUT2D eigenvalue weighted by Crippen LogP contribution is 2.37. The Bertz CT molecular complexity index is 610. The van der Waals surface area contributed by atoms with Crippen molar-refractivity contribution in [1.82, 2.24) is 4.98 Å². The van der Waals surface area contributed by atoms with Gasteiger partial charge in [0.1, 0.15) is 0 Å². The Balaban J connectivity index is 2.27. The summed E-state index contributed by atoms with van der Waals surface area (Å²) >= 11 is 0. The van der Waals surface area contributed by atoms with Gasteiger partial charge in [-0.2, -0.15) is 0 Å². The Morgan fingerprint density at radius 2 is 2.11 bits per heavy atom. The number of aromatic nitrogens is 1. The molecule has 2 aromatic rings. The summed E-state index contributed by atoms with van der Waals surface area (Å²) < 4.78 is 11.2. The lowest BCUT2D eigenvalue weighted by Gasteiger charge is -2.22. The number of rotatable bonds is 2. The van der Waals surface area contributed by atoms with Crippen LogP contribution in [-0.4, -0.2) is 29.3 Å². The monoisotopic (exact) mass is 247 g/mol. The third kappa shape index (κ3) is 1.52. The van der Waals surface area contributed by atoms with Crippen molar-refractivity contribution in [2.45, 2.75) is 12.7 Å². The van der Waals surface area contributed by atoms with E-state index in [9.17, 15) is 9.90 Å². The van der Waals surface area contributed by atoms with Crippen LogP contribution < -0.4 is 0 Å². The Morgan fingerprint density at radius 1 is 1.39 bits per heavy atom. The molecule has 1 fully saturated rings. The number of fused-ring (bicyclic) bond motifs is 1. The van der Waals surface area contributed by atoms with Gasteiger partial charge in [0.25, 0.3) is 0 Å². The summed E-state index contributed by atoms with van der Waals surface area (Å²) in [6.45, 7) is 2.83. The number of hydrogen-bond acceptors (Lipinski definition) is 3. The van der Waals surface area contributed by atoms with E-state index in [4.69, 9.17) is 9.47 Å². The largest absolute Gasteiger partial charge is 0.478 e. The summed E-state index contributed by atoms with van der Waals surface area (Å²) in [7, 11) is 0. The maximum absolute atomic E-state index is 11.3. The molecule has 0 saturated carbocycles. The number of hydrogen-bond donors (Lipinski definition) is 2. The molecular weight excluding hydrogens is 234 g/mol. The van der Waals surface area contributed by atoms with Crippen LogP contribution in [0.25, 0.3) is 10.9 Å². The number of aromatic carboxylic acids is 1. The van der Waals surface area contributed by atoms with Crippen molar-refractivity contribution in [2.75, 3.05) is 13.2 Å². The zero-order valence-electron chi connectivity index (χ0n) is 9.90. The fourth-order valence-corrected chi connectivity index (χ4v) is 2.39. The number of aromatic amines is 1. The fraction of sp³-hybridized carbons (Fsp3) is 0.308. The van der Waals surface area contributed by atoms with Gasteiger partial charge in [0.15, 0.2) is 5.79 Å². The Labute approximate surface area is 103 Å². The SMILES string of the molecule is CC1(c2c[nH]c3cccc(C(=O)O)c23)OCCO1. The van der Waals surface area contributed by atoms with Gasteiger partial charge in [-0.1, -0.05) is 6.07 Å². The average molecular weight is 247 g/mol. The topological polar surface area (TPSA) is 71.6 Å². The molecule has 2 N–H and O–H groups in total. The van der Waals surface area contributed by atoms with Crippen LogP contribution in [0.3, 0.4) is 0 Å². The molecule has 1 aromatic carbocycles. The molecule has 1 aliphatic heterocycles. The molecular formula is C13H13NO4. The van der Waals surface area contributed by atoms with Gasteiger partial charge in [-0.15, -0.1) is 0 Å². The van der Waals surface area contributed by atoms with Crippen LogP contribution in [0, 0.1) is 0 Å². The van der Waals surface area contributed by atoms with Crippen molar-refractivity contribution < 1.29 is 19.4 Å². The van der Waals surface area contributed by atoms with E-state index in [1.54, 1.807) is 25.3 Å². The molecule has 0 amide bonds. The van der Waals surface area contributed by atoms with Crippen molar-refractivity contribution in [2.24, 2.45) is 0 Å². The number of benzene rings is 1. The molecule has 2 heterocycles. The van der Waals surface area contributed by atoms with E-state index < -0.39 is 11.8 Å². The van der Waals surface area contributed by atoms with Crippen molar-refractivity contribution in [3.63, 3.8) is 0 Å². The number of carboxylic acids is 1. The van der Waals surface area contributed by atoms with E-state index >= 15 is 0 Å². The summed E-state index contributed by atoms with van der Waals surface area (Å²) in [6, 6.07) is 5.13. The molecule has 1 aromatic heterocycles. The molecule has 1 saturated heterocycles. The van der Waals surface area contributed by atoms with Crippen LogP contribution >= 0.6 is 0 Å². The third-order valence-corrected chi connectivity index (χ3v) is 3.26. The first-order chi connectivity index (χ1) is 8.62. The lowest BCUT2D eigenvalue weighted by Crippen LogP contribution is -2.22. The smallest absolute Gasteiger partial charge is 0.336 e. The maximum Gasteiger partial charge on any atom is 0.336 e. The zero-order chi connectivity index (χ0) is 12.8. The number of carboxylic acid groups (broad SMARTS) is 1. The van der Waals surface area contributed by atoms with E-state index in [-0.39, 0.29) is 5.56 Å². The molecule has 0 radical (unpaired) electrons. The number of ether oxygens (including phenoxy) is 2. The van der Waals surface area contributed by atoms with Crippen LogP contribution in [0.1, 0.15) is 22.8 Å². The normalized spacial score (nSPS) is 18.3. The second-order valence-electron chi connectivity index (χ2n) is 4.38. The fourth-order valence-electron chi connectivity index (χ4n) is 2.39. The molecule has 0 atom stereocenters. The maximum atomic E-state index is 11.3. The van der Waals surface area contributed by atoms with Crippen molar-refractivity contribution >= 4 is 16.9 Å². The van der Waals surface area contributed by atoms with Crippen LogP contribution in [0.4, 0.5) is 0 Å². The first-order valence-electron chi connectivity index (χ1n) is 5.73. The predicted octanol–water partition coefficient (Wildman–Crippen LogP) is 2.09. The molecule has 94 valence electrons. The van der Waals surface area contributed by atoms with Crippen LogP contribution in [0.5, 0.6) is 0 Å². The first kappa shape index (κ1) is 11.3. The van der Waals surface area contributed by atoms with Gasteiger partial charge in [0.2, 0.25) is 0 Å². The minimum Gasteiger partial charge on any atom is -0.478 e. The predicted molar refractivity (Wildman–Crippen MR) is 64.5 cm³/mol. The number of nitrogens with one attached hydrogen (secondary N) is 1. The van der Waals surface area contributed by atoms with E-state index in [1.165, 1.54) is 0 Å². The van der Waals surface area contributed by atoms with Crippen molar-refractivity contribution in [3.05, 3.63) is 35.5 Å². The van der Waals surface area contributed by atoms with Crippen LogP contribution in [0.2, 0.25) is 0 Å². The first-order valence-corrected chi connectivity index (χ1v) is 5.73. The Morgan fingerprint density at radius 3 is 2.78 bits per heavy atom. The number of carbonyl (C=O) groups is 1. The van der Waals surface area contributed by atoms with Gasteiger partial charge in [-0.05, 0) is 19.1 Å². The van der Waals surface area contributed by atoms with Gasteiger partial charge >= 0.3 is 5.97 Å². The minimum absolute atomic E-state index is 0.254. The molecule has 5 nitrogen and oxygen atoms in total. The van der Waals surface area contributed by atoms with E-state index in [0.29, 0.717) is 18.6 Å². The second-order valence-corrected chi connectivity index (χ2v) is 4.38. The molecule has 5 heteroatoms. The van der Waals surface area contributed by atoms with Crippen LogP contribution in [-0.2, 0) is 15.3 Å². The summed E-state index contributed by atoms with van der Waals surface area (Å²) in [5.41, 5.74) is 1.75. The minimum atomic E-state index is -0.956. The van der Waals surface area contributed by atoms with Gasteiger partial charge in [-0.25, -0.2) is 4.79 Å². The van der Waals surface area contributed by atoms with Gasteiger partial charge in [-0.3, -0.25) is 0 Å². The Hall–Kier alpha value is -1.85. The zero-order valence-corrected chi connectivity index (χ0v) is 9.90. The standard InChI is InChI=1S/C13H13NO4/c1-13(17-5-6-18-13)9-7-14-10-4-2-3-8(11(9)10)12(15)16/h2-4,7,14H,5-6H2,1H3,(H,15,16). The highest BCUT2D eigenvalue weighted by atomic mass is 16.7. The second kappa shape index (κ2) is 3.83. The summed E-state index contributed by atoms with van der Waals surface area (Å²) in [6.07, 6.45) is 1.75. The van der Waals surface area contributed by atoms with Gasteiger partial charge in [0, 0.05) is 22.7 Å².